The van der Waals surface area contributed by atoms with Crippen LogP contribution in [0.15, 0.2) is 18.2 Å². The second-order valence-electron chi connectivity index (χ2n) is 2.86. The van der Waals surface area contributed by atoms with Gasteiger partial charge in [0, 0.05) is 0 Å². The molecule has 1 aliphatic rings. The first-order valence-electron chi connectivity index (χ1n) is 3.85. The molecule has 1 heteroatoms. The number of hydrogen-bond donors (Lipinski definition) is 0. The number of fused-ring (bicyclic) bond motifs is 1. The van der Waals surface area contributed by atoms with E-state index in [0.29, 0.717) is 0 Å². The van der Waals surface area contributed by atoms with Crippen LogP contribution in [0.4, 0.5) is 0 Å². The fraction of sp³-hybridized carbons (Fsp3) is 0.200. The van der Waals surface area contributed by atoms with Gasteiger partial charge in [0.2, 0.25) is 0 Å². The zero-order chi connectivity index (χ0) is 7.84. The fourth-order valence-electron chi connectivity index (χ4n) is 1.49. The topological polar surface area (TPSA) is 0 Å². The first-order chi connectivity index (χ1) is 5.31. The van der Waals surface area contributed by atoms with Crippen LogP contribution >= 0.6 is 8.19 Å². The van der Waals surface area contributed by atoms with E-state index in [0.717, 1.165) is 8.19 Å². The van der Waals surface area contributed by atoms with Gasteiger partial charge in [0.25, 0.3) is 0 Å². The minimum absolute atomic E-state index is 0.918. The van der Waals surface area contributed by atoms with Crippen molar-refractivity contribution in [2.24, 2.45) is 0 Å². The van der Waals surface area contributed by atoms with Crippen molar-refractivity contribution in [3.63, 3.8) is 0 Å². The number of rotatable bonds is 0. The van der Waals surface area contributed by atoms with Crippen molar-refractivity contribution in [3.05, 3.63) is 34.4 Å². The summed E-state index contributed by atoms with van der Waals surface area (Å²) in [6.45, 7) is 4.30. The van der Waals surface area contributed by atoms with Gasteiger partial charge in [-0.1, -0.05) is 18.2 Å². The minimum atomic E-state index is 0.918. The Morgan fingerprint density at radius 1 is 1.36 bits per heavy atom. The maximum Gasteiger partial charge on any atom is -0.000955 e. The van der Waals surface area contributed by atoms with Gasteiger partial charge in [-0.15, -0.1) is 8.19 Å². The monoisotopic (exact) mass is 162 g/mol. The SMILES string of the molecule is C/C=C1/C=Cc2[pH]c(C)cc21. The normalized spacial score (nSPS) is 18.5. The molecule has 0 radical (unpaired) electrons. The highest BCUT2D eigenvalue weighted by Gasteiger charge is 2.10. The van der Waals surface area contributed by atoms with E-state index in [1.165, 1.54) is 21.7 Å². The molecule has 0 fully saturated rings. The summed E-state index contributed by atoms with van der Waals surface area (Å²) in [6, 6.07) is 2.31. The quantitative estimate of drug-likeness (QED) is 0.548. The third-order valence-electron chi connectivity index (χ3n) is 2.03. The molecule has 0 amide bonds. The summed E-state index contributed by atoms with van der Waals surface area (Å²) in [7, 11) is 0.918. The van der Waals surface area contributed by atoms with E-state index in [1.807, 2.05) is 0 Å². The molecule has 1 aromatic heterocycles. The van der Waals surface area contributed by atoms with Gasteiger partial charge in [0.05, 0.1) is 0 Å². The lowest BCUT2D eigenvalue weighted by Gasteiger charge is -1.90. The van der Waals surface area contributed by atoms with E-state index in [9.17, 15) is 0 Å². The van der Waals surface area contributed by atoms with E-state index in [2.05, 4.69) is 38.1 Å². The molecule has 0 N–H and O–H groups in total. The molecular formula is C10H11P. The lowest BCUT2D eigenvalue weighted by Crippen LogP contribution is -1.70. The maximum atomic E-state index is 2.31. The molecule has 1 unspecified atom stereocenters. The van der Waals surface area contributed by atoms with Gasteiger partial charge in [0.15, 0.2) is 0 Å². The summed E-state index contributed by atoms with van der Waals surface area (Å²) in [6.07, 6.45) is 6.63. The molecule has 56 valence electrons. The molecule has 0 nitrogen and oxygen atoms in total. The summed E-state index contributed by atoms with van der Waals surface area (Å²) in [4.78, 5) is 0. The van der Waals surface area contributed by atoms with Gasteiger partial charge in [-0.25, -0.2) is 0 Å². The van der Waals surface area contributed by atoms with Crippen LogP contribution in [0.3, 0.4) is 0 Å². The van der Waals surface area contributed by atoms with Crippen LogP contribution in [0.2, 0.25) is 0 Å². The summed E-state index contributed by atoms with van der Waals surface area (Å²) >= 11 is 0. The molecule has 1 aromatic rings. The van der Waals surface area contributed by atoms with Gasteiger partial charge < -0.3 is 0 Å². The van der Waals surface area contributed by atoms with Crippen LogP contribution in [-0.4, -0.2) is 0 Å². The van der Waals surface area contributed by atoms with Gasteiger partial charge in [-0.05, 0) is 41.6 Å². The first kappa shape index (κ1) is 6.94. The Hall–Kier alpha value is -0.740. The van der Waals surface area contributed by atoms with Gasteiger partial charge in [-0.3, -0.25) is 0 Å². The van der Waals surface area contributed by atoms with Crippen LogP contribution in [-0.2, 0) is 0 Å². The minimum Gasteiger partial charge on any atom is -0.129 e. The van der Waals surface area contributed by atoms with E-state index >= 15 is 0 Å². The molecule has 1 heterocycles. The van der Waals surface area contributed by atoms with Crippen LogP contribution in [0.25, 0.3) is 11.6 Å². The Kier molecular flexibility index (Phi) is 1.51. The van der Waals surface area contributed by atoms with E-state index in [-0.39, 0.29) is 0 Å². The standard InChI is InChI=1S/C10H11P/c1-3-8-4-5-10-9(8)6-7(2)11-10/h3-6,11H,1-2H3/b8-3-. The van der Waals surface area contributed by atoms with Crippen molar-refractivity contribution in [2.75, 3.05) is 0 Å². The molecular weight excluding hydrogens is 151 g/mol. The summed E-state index contributed by atoms with van der Waals surface area (Å²) in [5.41, 5.74) is 2.85. The van der Waals surface area contributed by atoms with Crippen molar-refractivity contribution in [1.29, 1.82) is 0 Å². The van der Waals surface area contributed by atoms with Crippen LogP contribution in [0.5, 0.6) is 0 Å². The zero-order valence-corrected chi connectivity index (χ0v) is 7.81. The molecule has 0 bridgehead atoms. The maximum absolute atomic E-state index is 2.31. The largest absolute Gasteiger partial charge is 0.129 e. The smallest absolute Gasteiger partial charge is 0.000955 e. The van der Waals surface area contributed by atoms with E-state index < -0.39 is 0 Å². The number of allylic oxidation sites excluding steroid dienone is 3. The molecule has 0 aliphatic heterocycles. The van der Waals surface area contributed by atoms with E-state index in [4.69, 9.17) is 0 Å². The lowest BCUT2D eigenvalue weighted by molar-refractivity contribution is 1.61. The predicted molar refractivity (Wildman–Crippen MR) is 53.4 cm³/mol. The summed E-state index contributed by atoms with van der Waals surface area (Å²) in [5, 5.41) is 3.04. The molecule has 1 aliphatic carbocycles. The Bertz CT molecular complexity index is 340. The third kappa shape index (κ3) is 0.985. The average molecular weight is 162 g/mol. The van der Waals surface area contributed by atoms with Gasteiger partial charge in [-0.2, -0.15) is 0 Å². The van der Waals surface area contributed by atoms with Gasteiger partial charge >= 0.3 is 0 Å². The van der Waals surface area contributed by atoms with E-state index in [1.54, 1.807) is 0 Å². The van der Waals surface area contributed by atoms with Crippen molar-refractivity contribution < 1.29 is 0 Å². The molecule has 0 saturated carbocycles. The highest BCUT2D eigenvalue weighted by molar-refractivity contribution is 7.33. The first-order valence-corrected chi connectivity index (χ1v) is 4.85. The van der Waals surface area contributed by atoms with Crippen molar-refractivity contribution in [3.8, 4) is 0 Å². The second kappa shape index (κ2) is 2.39. The summed E-state index contributed by atoms with van der Waals surface area (Å²) < 4.78 is 0. The zero-order valence-electron chi connectivity index (χ0n) is 6.81. The number of hydrogen-bond acceptors (Lipinski definition) is 0. The predicted octanol–water partition coefficient (Wildman–Crippen LogP) is 3.46. The van der Waals surface area contributed by atoms with Crippen LogP contribution in [0.1, 0.15) is 23.1 Å². The van der Waals surface area contributed by atoms with Crippen LogP contribution < -0.4 is 0 Å². The van der Waals surface area contributed by atoms with Crippen molar-refractivity contribution in [1.82, 2.24) is 0 Å². The Morgan fingerprint density at radius 2 is 2.18 bits per heavy atom. The molecule has 2 rings (SSSR count). The van der Waals surface area contributed by atoms with Crippen molar-refractivity contribution in [2.45, 2.75) is 13.8 Å². The molecule has 11 heavy (non-hydrogen) atoms. The third-order valence-corrected chi connectivity index (χ3v) is 3.28. The Labute approximate surface area is 68.7 Å². The lowest BCUT2D eigenvalue weighted by atomic mass is 10.1. The second-order valence-corrected chi connectivity index (χ2v) is 4.43. The molecule has 0 spiro atoms. The Morgan fingerprint density at radius 3 is 2.91 bits per heavy atom. The average Bonchev–Trinajstić information content (AvgIpc) is 2.45. The number of aryl methyl sites for hydroxylation is 1. The highest BCUT2D eigenvalue weighted by atomic mass is 31.0. The molecule has 0 saturated heterocycles. The van der Waals surface area contributed by atoms with Crippen molar-refractivity contribution >= 4 is 19.8 Å². The fourth-order valence-corrected chi connectivity index (χ4v) is 2.65. The van der Waals surface area contributed by atoms with Gasteiger partial charge in [0.1, 0.15) is 0 Å². The van der Waals surface area contributed by atoms with Crippen LogP contribution in [0, 0.1) is 6.92 Å². The Balaban J connectivity index is 2.62. The molecule has 1 atom stereocenters. The highest BCUT2D eigenvalue weighted by Crippen LogP contribution is 2.38. The molecule has 0 aromatic carbocycles. The summed E-state index contributed by atoms with van der Waals surface area (Å²) in [5.74, 6) is 0.